The molecule has 0 aromatic carbocycles. The van der Waals surface area contributed by atoms with Gasteiger partial charge in [-0.1, -0.05) is 58.8 Å². The summed E-state index contributed by atoms with van der Waals surface area (Å²) < 4.78 is 0. The second kappa shape index (κ2) is 11.4. The summed E-state index contributed by atoms with van der Waals surface area (Å²) in [5.74, 6) is 0. The molecule has 0 fully saturated rings. The highest BCUT2D eigenvalue weighted by molar-refractivity contribution is 4.65. The van der Waals surface area contributed by atoms with E-state index >= 15 is 0 Å². The third kappa shape index (κ3) is 10.4. The standard InChI is InChI=1S/C14H31NO/c1-4-6-7-8-9-10-11-12-14(5-2)15-13(3)16/h13-16H,4-12H2,1-3H3. The molecule has 2 nitrogen and oxygen atoms in total. The lowest BCUT2D eigenvalue weighted by molar-refractivity contribution is 0.136. The summed E-state index contributed by atoms with van der Waals surface area (Å²) in [5, 5.41) is 12.4. The molecule has 0 radical (unpaired) electrons. The molecule has 0 aromatic heterocycles. The van der Waals surface area contributed by atoms with Gasteiger partial charge in [0.1, 0.15) is 6.23 Å². The van der Waals surface area contributed by atoms with Crippen molar-refractivity contribution in [2.75, 3.05) is 0 Å². The summed E-state index contributed by atoms with van der Waals surface area (Å²) in [7, 11) is 0. The molecule has 16 heavy (non-hydrogen) atoms. The Morgan fingerprint density at radius 3 is 2.00 bits per heavy atom. The van der Waals surface area contributed by atoms with Gasteiger partial charge in [-0.05, 0) is 19.8 Å². The van der Waals surface area contributed by atoms with Crippen molar-refractivity contribution in [3.63, 3.8) is 0 Å². The average molecular weight is 229 g/mol. The van der Waals surface area contributed by atoms with Crippen LogP contribution in [0.3, 0.4) is 0 Å². The molecule has 0 bridgehead atoms. The molecule has 0 aliphatic carbocycles. The molecular weight excluding hydrogens is 198 g/mol. The largest absolute Gasteiger partial charge is 0.379 e. The van der Waals surface area contributed by atoms with Crippen molar-refractivity contribution < 1.29 is 5.11 Å². The van der Waals surface area contributed by atoms with E-state index < -0.39 is 0 Å². The van der Waals surface area contributed by atoms with Gasteiger partial charge in [-0.15, -0.1) is 0 Å². The Labute approximate surface area is 102 Å². The molecular formula is C14H31NO. The van der Waals surface area contributed by atoms with Gasteiger partial charge in [0, 0.05) is 6.04 Å². The van der Waals surface area contributed by atoms with Crippen molar-refractivity contribution >= 4 is 0 Å². The van der Waals surface area contributed by atoms with E-state index in [1.54, 1.807) is 6.92 Å². The topological polar surface area (TPSA) is 32.3 Å². The van der Waals surface area contributed by atoms with Gasteiger partial charge < -0.3 is 5.11 Å². The predicted molar refractivity (Wildman–Crippen MR) is 71.5 cm³/mol. The molecule has 0 heterocycles. The van der Waals surface area contributed by atoms with E-state index in [0.717, 1.165) is 6.42 Å². The first-order valence-corrected chi connectivity index (χ1v) is 7.14. The molecule has 2 atom stereocenters. The lowest BCUT2D eigenvalue weighted by atomic mass is 10.0. The minimum absolute atomic E-state index is 0.366. The van der Waals surface area contributed by atoms with E-state index in [9.17, 15) is 5.11 Å². The maximum absolute atomic E-state index is 9.24. The number of aliphatic hydroxyl groups excluding tert-OH is 1. The first-order valence-electron chi connectivity index (χ1n) is 7.14. The van der Waals surface area contributed by atoms with E-state index in [0.29, 0.717) is 6.04 Å². The van der Waals surface area contributed by atoms with Gasteiger partial charge in [-0.25, -0.2) is 0 Å². The van der Waals surface area contributed by atoms with Crippen molar-refractivity contribution in [3.05, 3.63) is 0 Å². The van der Waals surface area contributed by atoms with E-state index in [4.69, 9.17) is 0 Å². The van der Waals surface area contributed by atoms with Crippen LogP contribution >= 0.6 is 0 Å². The fourth-order valence-electron chi connectivity index (χ4n) is 2.09. The van der Waals surface area contributed by atoms with Gasteiger partial charge in [-0.2, -0.15) is 0 Å². The van der Waals surface area contributed by atoms with Gasteiger partial charge in [-0.3, -0.25) is 5.32 Å². The van der Waals surface area contributed by atoms with Gasteiger partial charge in [0.15, 0.2) is 0 Å². The zero-order valence-corrected chi connectivity index (χ0v) is 11.5. The maximum Gasteiger partial charge on any atom is 0.102 e. The van der Waals surface area contributed by atoms with Gasteiger partial charge in [0.05, 0.1) is 0 Å². The van der Waals surface area contributed by atoms with Crippen LogP contribution in [0.2, 0.25) is 0 Å². The Kier molecular flexibility index (Phi) is 11.3. The van der Waals surface area contributed by atoms with Crippen LogP contribution in [0.25, 0.3) is 0 Å². The number of hydrogen-bond acceptors (Lipinski definition) is 2. The molecule has 0 amide bonds. The Bertz CT molecular complexity index is 137. The Balaban J connectivity index is 3.27. The SMILES string of the molecule is CCCCCCCCCC(CC)NC(C)O. The Morgan fingerprint density at radius 1 is 0.938 bits per heavy atom. The second-order valence-corrected chi connectivity index (χ2v) is 4.86. The number of aliphatic hydroxyl groups is 1. The van der Waals surface area contributed by atoms with Gasteiger partial charge >= 0.3 is 0 Å². The van der Waals surface area contributed by atoms with Crippen LogP contribution < -0.4 is 5.32 Å². The molecule has 0 saturated carbocycles. The highest BCUT2D eigenvalue weighted by Crippen LogP contribution is 2.11. The molecule has 0 aliphatic rings. The molecule has 2 unspecified atom stereocenters. The third-order valence-corrected chi connectivity index (χ3v) is 3.13. The number of rotatable bonds is 11. The van der Waals surface area contributed by atoms with Crippen LogP contribution in [-0.4, -0.2) is 17.4 Å². The van der Waals surface area contributed by atoms with Crippen molar-refractivity contribution in [1.29, 1.82) is 0 Å². The fraction of sp³-hybridized carbons (Fsp3) is 1.00. The van der Waals surface area contributed by atoms with Crippen molar-refractivity contribution in [2.45, 2.75) is 90.8 Å². The predicted octanol–water partition coefficient (Wildman–Crippen LogP) is 3.83. The summed E-state index contributed by atoms with van der Waals surface area (Å²) in [5.41, 5.74) is 0. The highest BCUT2D eigenvalue weighted by Gasteiger charge is 2.07. The average Bonchev–Trinajstić information content (AvgIpc) is 2.25. The van der Waals surface area contributed by atoms with E-state index in [2.05, 4.69) is 19.2 Å². The fourth-order valence-corrected chi connectivity index (χ4v) is 2.09. The van der Waals surface area contributed by atoms with Crippen molar-refractivity contribution in [1.82, 2.24) is 5.32 Å². The van der Waals surface area contributed by atoms with Crippen LogP contribution in [0.15, 0.2) is 0 Å². The number of hydrogen-bond donors (Lipinski definition) is 2. The zero-order chi connectivity index (χ0) is 12.2. The molecule has 2 heteroatoms. The summed E-state index contributed by atoms with van der Waals surface area (Å²) in [6.07, 6.45) is 11.5. The van der Waals surface area contributed by atoms with Crippen LogP contribution in [0.5, 0.6) is 0 Å². The number of nitrogens with one attached hydrogen (secondary N) is 1. The van der Waals surface area contributed by atoms with Crippen molar-refractivity contribution in [3.8, 4) is 0 Å². The summed E-state index contributed by atoms with van der Waals surface area (Å²) in [6.45, 7) is 6.24. The minimum atomic E-state index is -0.366. The summed E-state index contributed by atoms with van der Waals surface area (Å²) in [4.78, 5) is 0. The minimum Gasteiger partial charge on any atom is -0.379 e. The van der Waals surface area contributed by atoms with E-state index in [1.165, 1.54) is 51.4 Å². The molecule has 98 valence electrons. The van der Waals surface area contributed by atoms with E-state index in [1.807, 2.05) is 0 Å². The summed E-state index contributed by atoms with van der Waals surface area (Å²) >= 11 is 0. The Hall–Kier alpha value is -0.0800. The quantitative estimate of drug-likeness (QED) is 0.417. The Morgan fingerprint density at radius 2 is 1.50 bits per heavy atom. The van der Waals surface area contributed by atoms with Gasteiger partial charge in [0.2, 0.25) is 0 Å². The highest BCUT2D eigenvalue weighted by atomic mass is 16.3. The molecule has 0 aliphatic heterocycles. The smallest absolute Gasteiger partial charge is 0.102 e. The van der Waals surface area contributed by atoms with Crippen LogP contribution in [0.1, 0.15) is 78.6 Å². The lowest BCUT2D eigenvalue weighted by Crippen LogP contribution is -2.35. The molecule has 2 N–H and O–H groups in total. The molecule has 0 aromatic rings. The monoisotopic (exact) mass is 229 g/mol. The summed E-state index contributed by atoms with van der Waals surface area (Å²) in [6, 6.07) is 0.496. The van der Waals surface area contributed by atoms with Crippen LogP contribution in [0, 0.1) is 0 Å². The van der Waals surface area contributed by atoms with Crippen LogP contribution in [0.4, 0.5) is 0 Å². The van der Waals surface area contributed by atoms with E-state index in [-0.39, 0.29) is 6.23 Å². The van der Waals surface area contributed by atoms with Gasteiger partial charge in [0.25, 0.3) is 0 Å². The molecule has 0 rings (SSSR count). The third-order valence-electron chi connectivity index (χ3n) is 3.13. The first-order chi connectivity index (χ1) is 7.70. The van der Waals surface area contributed by atoms with Crippen LogP contribution in [-0.2, 0) is 0 Å². The normalized spacial score (nSPS) is 15.0. The van der Waals surface area contributed by atoms with Crippen molar-refractivity contribution in [2.24, 2.45) is 0 Å². The second-order valence-electron chi connectivity index (χ2n) is 4.86. The number of unbranched alkanes of at least 4 members (excludes halogenated alkanes) is 6. The molecule has 0 saturated heterocycles. The maximum atomic E-state index is 9.24. The zero-order valence-electron chi connectivity index (χ0n) is 11.5. The lowest BCUT2D eigenvalue weighted by Gasteiger charge is -2.18. The first kappa shape index (κ1) is 15.9. The molecule has 0 spiro atoms.